The number of hydrogen-bond donors (Lipinski definition) is 1. The number of rotatable bonds is 11. The first-order valence-electron chi connectivity index (χ1n) is 9.44. The fraction of sp³-hybridized carbons (Fsp3) is 0.381. The van der Waals surface area contributed by atoms with Crippen LogP contribution < -0.4 is 19.0 Å². The Morgan fingerprint density at radius 1 is 1.07 bits per heavy atom. The number of nitrogens with one attached hydrogen (secondary N) is 1. The van der Waals surface area contributed by atoms with Gasteiger partial charge in [-0.1, -0.05) is 13.8 Å². The molecule has 0 aliphatic rings. The number of hydrazone groups is 1. The highest BCUT2D eigenvalue weighted by Crippen LogP contribution is 2.28. The Labute approximate surface area is 172 Å². The molecule has 0 bridgehead atoms. The molecule has 0 saturated carbocycles. The van der Waals surface area contributed by atoms with E-state index in [1.165, 1.54) is 18.3 Å². The van der Waals surface area contributed by atoms with Crippen LogP contribution in [0.1, 0.15) is 32.8 Å². The van der Waals surface area contributed by atoms with Gasteiger partial charge in [-0.2, -0.15) is 13.5 Å². The van der Waals surface area contributed by atoms with Gasteiger partial charge in [-0.15, -0.1) is 0 Å². The maximum Gasteiger partial charge on any atom is 0.276 e. The number of benzene rings is 2. The van der Waals surface area contributed by atoms with Crippen molar-refractivity contribution in [3.63, 3.8) is 0 Å². The molecule has 2 rings (SSSR count). The second kappa shape index (κ2) is 10.7. The van der Waals surface area contributed by atoms with E-state index in [2.05, 4.69) is 23.8 Å². The van der Waals surface area contributed by atoms with Crippen molar-refractivity contribution < 1.29 is 22.6 Å². The van der Waals surface area contributed by atoms with Crippen LogP contribution in [0.2, 0.25) is 0 Å². The molecule has 0 atom stereocenters. The maximum absolute atomic E-state index is 12.3. The summed E-state index contributed by atoms with van der Waals surface area (Å²) >= 11 is 0. The number of sulfonamides is 1. The van der Waals surface area contributed by atoms with Gasteiger partial charge >= 0.3 is 0 Å². The van der Waals surface area contributed by atoms with Crippen molar-refractivity contribution in [3.8, 4) is 17.2 Å². The topological polar surface area (TPSA) is 86.2 Å². The van der Waals surface area contributed by atoms with Crippen LogP contribution in [-0.2, 0) is 10.0 Å². The van der Waals surface area contributed by atoms with Crippen LogP contribution in [-0.4, -0.2) is 35.0 Å². The molecular formula is C21H28N2O5S. The van der Waals surface area contributed by atoms with E-state index in [4.69, 9.17) is 14.2 Å². The first-order valence-corrected chi connectivity index (χ1v) is 10.9. The van der Waals surface area contributed by atoms with Crippen molar-refractivity contribution in [1.82, 2.24) is 4.83 Å². The van der Waals surface area contributed by atoms with Gasteiger partial charge in [0.05, 0.1) is 31.4 Å². The summed E-state index contributed by atoms with van der Waals surface area (Å²) in [6.07, 6.45) is 2.35. The highest BCUT2D eigenvalue weighted by Gasteiger charge is 2.12. The van der Waals surface area contributed by atoms with Gasteiger partial charge in [-0.05, 0) is 67.3 Å². The number of methoxy groups -OCH3 is 1. The second-order valence-electron chi connectivity index (χ2n) is 6.70. The first kappa shape index (κ1) is 22.5. The second-order valence-corrected chi connectivity index (χ2v) is 8.36. The van der Waals surface area contributed by atoms with Gasteiger partial charge in [-0.3, -0.25) is 0 Å². The van der Waals surface area contributed by atoms with Gasteiger partial charge in [0.1, 0.15) is 5.75 Å². The van der Waals surface area contributed by atoms with E-state index in [-0.39, 0.29) is 4.90 Å². The summed E-state index contributed by atoms with van der Waals surface area (Å²) in [7, 11) is -2.21. The summed E-state index contributed by atoms with van der Waals surface area (Å²) in [6.45, 7) is 7.24. The average Bonchev–Trinajstić information content (AvgIpc) is 2.69. The van der Waals surface area contributed by atoms with Gasteiger partial charge in [0.2, 0.25) is 0 Å². The molecule has 0 unspecified atom stereocenters. The number of ether oxygens (including phenoxy) is 3. The fourth-order valence-electron chi connectivity index (χ4n) is 2.39. The van der Waals surface area contributed by atoms with Crippen LogP contribution in [0.5, 0.6) is 17.2 Å². The SMILES string of the molecule is CCOc1ccc(S(=O)(=O)N/N=C\c2ccc(OCCC(C)C)c(OC)c2)cc1. The minimum absolute atomic E-state index is 0.101. The monoisotopic (exact) mass is 420 g/mol. The quantitative estimate of drug-likeness (QED) is 0.441. The molecular weight excluding hydrogens is 392 g/mol. The van der Waals surface area contributed by atoms with Crippen molar-refractivity contribution in [2.75, 3.05) is 20.3 Å². The molecule has 0 saturated heterocycles. The molecule has 2 aromatic rings. The number of nitrogens with zero attached hydrogens (tertiary/aromatic N) is 1. The Kier molecular flexibility index (Phi) is 8.33. The smallest absolute Gasteiger partial charge is 0.276 e. The lowest BCUT2D eigenvalue weighted by Crippen LogP contribution is -2.18. The van der Waals surface area contributed by atoms with E-state index in [9.17, 15) is 8.42 Å². The largest absolute Gasteiger partial charge is 0.494 e. The molecule has 0 aliphatic carbocycles. The van der Waals surface area contributed by atoms with Crippen LogP contribution in [0.15, 0.2) is 52.5 Å². The van der Waals surface area contributed by atoms with E-state index in [0.29, 0.717) is 41.9 Å². The molecule has 0 amide bonds. The zero-order chi connectivity index (χ0) is 21.3. The Hall–Kier alpha value is -2.74. The van der Waals surface area contributed by atoms with Gasteiger partial charge in [0.25, 0.3) is 10.0 Å². The number of hydrogen-bond acceptors (Lipinski definition) is 6. The molecule has 7 nitrogen and oxygen atoms in total. The van der Waals surface area contributed by atoms with Crippen molar-refractivity contribution >= 4 is 16.2 Å². The zero-order valence-corrected chi connectivity index (χ0v) is 18.0. The summed E-state index contributed by atoms with van der Waals surface area (Å²) in [5.74, 6) is 2.36. The average molecular weight is 421 g/mol. The molecule has 29 heavy (non-hydrogen) atoms. The van der Waals surface area contributed by atoms with Gasteiger partial charge in [0, 0.05) is 0 Å². The van der Waals surface area contributed by atoms with Crippen molar-refractivity contribution in [3.05, 3.63) is 48.0 Å². The molecule has 2 aromatic carbocycles. The van der Waals surface area contributed by atoms with E-state index in [1.807, 2.05) is 6.92 Å². The Morgan fingerprint density at radius 3 is 2.41 bits per heavy atom. The van der Waals surface area contributed by atoms with E-state index in [0.717, 1.165) is 6.42 Å². The molecule has 8 heteroatoms. The molecule has 0 fully saturated rings. The first-order chi connectivity index (χ1) is 13.9. The van der Waals surface area contributed by atoms with Crippen LogP contribution in [0.3, 0.4) is 0 Å². The summed E-state index contributed by atoms with van der Waals surface area (Å²) in [4.78, 5) is 2.30. The van der Waals surface area contributed by atoms with Crippen LogP contribution >= 0.6 is 0 Å². The van der Waals surface area contributed by atoms with E-state index in [1.54, 1.807) is 37.4 Å². The third-order valence-electron chi connectivity index (χ3n) is 3.97. The molecule has 0 heterocycles. The van der Waals surface area contributed by atoms with E-state index < -0.39 is 10.0 Å². The fourth-order valence-corrected chi connectivity index (χ4v) is 3.18. The highest BCUT2D eigenvalue weighted by molar-refractivity contribution is 7.89. The van der Waals surface area contributed by atoms with Crippen molar-refractivity contribution in [2.45, 2.75) is 32.1 Å². The van der Waals surface area contributed by atoms with Crippen LogP contribution in [0.25, 0.3) is 0 Å². The van der Waals surface area contributed by atoms with Crippen molar-refractivity contribution in [1.29, 1.82) is 0 Å². The standard InChI is InChI=1S/C21H28N2O5S/c1-5-27-18-7-9-19(10-8-18)29(24,25)23-22-15-17-6-11-20(21(14-17)26-4)28-13-12-16(2)3/h6-11,14-16,23H,5,12-13H2,1-4H3/b22-15-. The van der Waals surface area contributed by atoms with Gasteiger partial charge < -0.3 is 14.2 Å². The summed E-state index contributed by atoms with van der Waals surface area (Å²) < 4.78 is 41.1. The molecule has 0 spiro atoms. The minimum Gasteiger partial charge on any atom is -0.494 e. The minimum atomic E-state index is -3.77. The molecule has 0 aromatic heterocycles. The third kappa shape index (κ3) is 6.98. The van der Waals surface area contributed by atoms with Crippen LogP contribution in [0, 0.1) is 5.92 Å². The van der Waals surface area contributed by atoms with Crippen LogP contribution in [0.4, 0.5) is 0 Å². The normalized spacial score (nSPS) is 11.6. The van der Waals surface area contributed by atoms with Gasteiger partial charge in [-0.25, -0.2) is 4.83 Å². The summed E-state index contributed by atoms with van der Waals surface area (Å²) in [6, 6.07) is 11.4. The zero-order valence-electron chi connectivity index (χ0n) is 17.2. The Balaban J connectivity index is 2.03. The molecule has 1 N–H and O–H groups in total. The van der Waals surface area contributed by atoms with E-state index >= 15 is 0 Å². The lowest BCUT2D eigenvalue weighted by Gasteiger charge is -2.12. The summed E-state index contributed by atoms with van der Waals surface area (Å²) in [5.41, 5.74) is 0.674. The maximum atomic E-state index is 12.3. The molecule has 0 aliphatic heterocycles. The molecule has 158 valence electrons. The predicted octanol–water partition coefficient (Wildman–Crippen LogP) is 3.83. The van der Waals surface area contributed by atoms with Crippen molar-refractivity contribution in [2.24, 2.45) is 11.0 Å². The summed E-state index contributed by atoms with van der Waals surface area (Å²) in [5, 5.41) is 3.85. The predicted molar refractivity (Wildman–Crippen MR) is 113 cm³/mol. The highest BCUT2D eigenvalue weighted by atomic mass is 32.2. The van der Waals surface area contributed by atoms with Gasteiger partial charge in [0.15, 0.2) is 11.5 Å². The Bertz CT molecular complexity index is 909. The molecule has 0 radical (unpaired) electrons. The third-order valence-corrected chi connectivity index (χ3v) is 5.21. The Morgan fingerprint density at radius 2 is 1.79 bits per heavy atom. The lowest BCUT2D eigenvalue weighted by molar-refractivity contribution is 0.273. The lowest BCUT2D eigenvalue weighted by atomic mass is 10.1.